The SMILES string of the molecule is CC(=O)ON1C(=O)c2c(-c3ccc[nH]3)cc(N3CCNCC3)c3c(F)ccc1c23. The Balaban J connectivity index is 1.84. The summed E-state index contributed by atoms with van der Waals surface area (Å²) in [7, 11) is 0. The van der Waals surface area contributed by atoms with E-state index in [2.05, 4.69) is 15.2 Å². The minimum absolute atomic E-state index is 0.331. The average Bonchev–Trinajstić information content (AvgIpc) is 3.34. The number of halogens is 1. The summed E-state index contributed by atoms with van der Waals surface area (Å²) < 4.78 is 15.1. The van der Waals surface area contributed by atoms with Crippen LogP contribution in [0.15, 0.2) is 36.5 Å². The molecule has 1 saturated heterocycles. The fraction of sp³-hybridized carbons (Fsp3) is 0.238. The van der Waals surface area contributed by atoms with Crippen LogP contribution in [0.4, 0.5) is 15.8 Å². The maximum atomic E-state index is 15.1. The van der Waals surface area contributed by atoms with Crippen molar-refractivity contribution < 1.29 is 18.8 Å². The molecule has 2 aliphatic rings. The molecule has 5 rings (SSSR count). The van der Waals surface area contributed by atoms with Gasteiger partial charge in [0.15, 0.2) is 0 Å². The highest BCUT2D eigenvalue weighted by molar-refractivity contribution is 6.29. The number of hydrogen-bond acceptors (Lipinski definition) is 5. The van der Waals surface area contributed by atoms with E-state index in [1.165, 1.54) is 19.1 Å². The molecular formula is C21H19FN4O3. The van der Waals surface area contributed by atoms with Crippen molar-refractivity contribution in [2.45, 2.75) is 6.92 Å². The van der Waals surface area contributed by atoms with Crippen molar-refractivity contribution in [3.63, 3.8) is 0 Å². The number of benzene rings is 2. The van der Waals surface area contributed by atoms with Crippen LogP contribution in [0.25, 0.3) is 22.0 Å². The summed E-state index contributed by atoms with van der Waals surface area (Å²) in [4.78, 5) is 35.3. The molecule has 0 spiro atoms. The fourth-order valence-electron chi connectivity index (χ4n) is 4.17. The quantitative estimate of drug-likeness (QED) is 0.714. The Kier molecular flexibility index (Phi) is 4.02. The van der Waals surface area contributed by atoms with E-state index in [-0.39, 0.29) is 0 Å². The summed E-state index contributed by atoms with van der Waals surface area (Å²) >= 11 is 0. The maximum absolute atomic E-state index is 15.1. The van der Waals surface area contributed by atoms with Gasteiger partial charge in [-0.1, -0.05) is 0 Å². The van der Waals surface area contributed by atoms with Gasteiger partial charge in [-0.25, -0.2) is 9.18 Å². The summed E-state index contributed by atoms with van der Waals surface area (Å²) in [5.74, 6) is -1.51. The Labute approximate surface area is 166 Å². The minimum atomic E-state index is -0.618. The first-order valence-electron chi connectivity index (χ1n) is 9.48. The Morgan fingerprint density at radius 2 is 1.93 bits per heavy atom. The first-order chi connectivity index (χ1) is 14.1. The van der Waals surface area contributed by atoms with Crippen LogP contribution in [0.5, 0.6) is 0 Å². The number of anilines is 2. The van der Waals surface area contributed by atoms with E-state index >= 15 is 4.39 Å². The van der Waals surface area contributed by atoms with E-state index < -0.39 is 17.7 Å². The van der Waals surface area contributed by atoms with E-state index in [1.807, 2.05) is 18.2 Å². The van der Waals surface area contributed by atoms with Crippen LogP contribution in [0.3, 0.4) is 0 Å². The van der Waals surface area contributed by atoms with Gasteiger partial charge in [0.25, 0.3) is 5.91 Å². The highest BCUT2D eigenvalue weighted by atomic mass is 19.1. The van der Waals surface area contributed by atoms with Crippen molar-refractivity contribution in [2.24, 2.45) is 0 Å². The second-order valence-corrected chi connectivity index (χ2v) is 7.14. The van der Waals surface area contributed by atoms with Gasteiger partial charge in [0.1, 0.15) is 5.82 Å². The van der Waals surface area contributed by atoms with Gasteiger partial charge in [-0.3, -0.25) is 4.79 Å². The smallest absolute Gasteiger partial charge is 0.330 e. The molecule has 1 fully saturated rings. The molecule has 1 aromatic heterocycles. The molecule has 0 saturated carbocycles. The molecule has 0 radical (unpaired) electrons. The van der Waals surface area contributed by atoms with Crippen LogP contribution < -0.4 is 15.3 Å². The van der Waals surface area contributed by atoms with Crippen molar-refractivity contribution in [1.29, 1.82) is 0 Å². The first kappa shape index (κ1) is 17.7. The molecule has 0 unspecified atom stereocenters. The summed E-state index contributed by atoms with van der Waals surface area (Å²) in [6.07, 6.45) is 1.77. The lowest BCUT2D eigenvalue weighted by atomic mass is 9.95. The highest BCUT2D eigenvalue weighted by Crippen LogP contribution is 2.47. The molecule has 8 heteroatoms. The highest BCUT2D eigenvalue weighted by Gasteiger charge is 2.38. The first-order valence-corrected chi connectivity index (χ1v) is 9.48. The molecule has 1 amide bonds. The molecule has 2 aromatic carbocycles. The standard InChI is InChI=1S/C21H19FN4O3/c1-12(27)29-26-16-5-4-14(22)19-17(25-9-7-23-8-10-25)11-13(15-3-2-6-24-15)18(20(16)19)21(26)28/h2-6,11,23-24H,7-10H2,1H3. The zero-order chi connectivity index (χ0) is 20.1. The monoisotopic (exact) mass is 394 g/mol. The van der Waals surface area contributed by atoms with Crippen LogP contribution in [0, 0.1) is 5.82 Å². The zero-order valence-electron chi connectivity index (χ0n) is 15.8. The lowest BCUT2D eigenvalue weighted by molar-refractivity contribution is -0.141. The summed E-state index contributed by atoms with van der Waals surface area (Å²) in [6, 6.07) is 8.36. The van der Waals surface area contributed by atoms with E-state index in [1.54, 1.807) is 6.20 Å². The largest absolute Gasteiger partial charge is 0.368 e. The van der Waals surface area contributed by atoms with Gasteiger partial charge in [0, 0.05) is 67.0 Å². The maximum Gasteiger partial charge on any atom is 0.330 e. The lowest BCUT2D eigenvalue weighted by Crippen LogP contribution is -2.43. The van der Waals surface area contributed by atoms with Gasteiger partial charge in [-0.15, -0.1) is 5.06 Å². The summed E-state index contributed by atoms with van der Waals surface area (Å²) in [5.41, 5.74) is 2.83. The van der Waals surface area contributed by atoms with Crippen molar-refractivity contribution in [2.75, 3.05) is 36.1 Å². The third-order valence-corrected chi connectivity index (χ3v) is 5.37. The number of rotatable bonds is 3. The number of nitrogens with zero attached hydrogens (tertiary/aromatic N) is 2. The number of carbonyl (C=O) groups excluding carboxylic acids is 2. The van der Waals surface area contributed by atoms with E-state index in [9.17, 15) is 9.59 Å². The second-order valence-electron chi connectivity index (χ2n) is 7.14. The molecule has 3 heterocycles. The molecular weight excluding hydrogens is 375 g/mol. The zero-order valence-corrected chi connectivity index (χ0v) is 15.8. The third-order valence-electron chi connectivity index (χ3n) is 5.37. The van der Waals surface area contributed by atoms with Gasteiger partial charge in [-0.2, -0.15) is 0 Å². The predicted octanol–water partition coefficient (Wildman–Crippen LogP) is 2.82. The third kappa shape index (κ3) is 2.67. The van der Waals surface area contributed by atoms with Crippen LogP contribution in [0.2, 0.25) is 0 Å². The van der Waals surface area contributed by atoms with Crippen molar-refractivity contribution >= 4 is 34.0 Å². The second kappa shape index (κ2) is 6.59. The molecule has 7 nitrogen and oxygen atoms in total. The van der Waals surface area contributed by atoms with Gasteiger partial charge in [0.2, 0.25) is 0 Å². The molecule has 148 valence electrons. The summed E-state index contributed by atoms with van der Waals surface area (Å²) in [6.45, 7) is 4.27. The Morgan fingerprint density at radius 1 is 1.14 bits per heavy atom. The molecule has 3 aromatic rings. The van der Waals surface area contributed by atoms with E-state index in [4.69, 9.17) is 4.84 Å². The Bertz CT molecular complexity index is 1140. The van der Waals surface area contributed by atoms with Gasteiger partial charge >= 0.3 is 5.97 Å². The lowest BCUT2D eigenvalue weighted by Gasteiger charge is -2.31. The van der Waals surface area contributed by atoms with Crippen LogP contribution >= 0.6 is 0 Å². The van der Waals surface area contributed by atoms with Gasteiger partial charge in [0.05, 0.1) is 11.3 Å². The Morgan fingerprint density at radius 3 is 2.62 bits per heavy atom. The van der Waals surface area contributed by atoms with E-state index in [0.717, 1.165) is 42.6 Å². The van der Waals surface area contributed by atoms with Crippen molar-refractivity contribution in [1.82, 2.24) is 10.3 Å². The molecule has 0 atom stereocenters. The minimum Gasteiger partial charge on any atom is -0.368 e. The van der Waals surface area contributed by atoms with Gasteiger partial charge in [-0.05, 0) is 30.3 Å². The topological polar surface area (TPSA) is 77.7 Å². The number of hydroxylamine groups is 1. The number of aromatic amines is 1. The summed E-state index contributed by atoms with van der Waals surface area (Å²) in [5, 5.41) is 5.11. The molecule has 2 N–H and O–H groups in total. The normalized spacial score (nSPS) is 16.0. The number of carbonyl (C=O) groups is 2. The molecule has 2 aliphatic heterocycles. The van der Waals surface area contributed by atoms with Crippen molar-refractivity contribution in [3.8, 4) is 11.3 Å². The van der Waals surface area contributed by atoms with Crippen LogP contribution in [0.1, 0.15) is 17.3 Å². The molecule has 29 heavy (non-hydrogen) atoms. The number of hydrogen-bond donors (Lipinski definition) is 2. The van der Waals surface area contributed by atoms with Crippen LogP contribution in [-0.4, -0.2) is 43.0 Å². The van der Waals surface area contributed by atoms with E-state index in [0.29, 0.717) is 27.6 Å². The van der Waals surface area contributed by atoms with Crippen molar-refractivity contribution in [3.05, 3.63) is 47.9 Å². The van der Waals surface area contributed by atoms with Crippen LogP contribution in [-0.2, 0) is 9.63 Å². The van der Waals surface area contributed by atoms with Gasteiger partial charge < -0.3 is 20.0 Å². The number of aromatic nitrogens is 1. The average molecular weight is 394 g/mol. The molecule has 0 bridgehead atoms. The number of H-pyrrole nitrogens is 1. The molecule has 0 aliphatic carbocycles. The predicted molar refractivity (Wildman–Crippen MR) is 107 cm³/mol. The Hall–Kier alpha value is -3.39. The number of piperazine rings is 1. The fourth-order valence-corrected chi connectivity index (χ4v) is 4.17. The number of nitrogens with one attached hydrogen (secondary N) is 2. The number of amides is 1.